The SMILES string of the molecule is CC1=CC(=O)N(C2CCC(=O)CC2)C1=O. The summed E-state index contributed by atoms with van der Waals surface area (Å²) in [5.41, 5.74) is 0.497. The third-order valence-corrected chi connectivity index (χ3v) is 3.01. The van der Waals surface area contributed by atoms with Gasteiger partial charge in [-0.25, -0.2) is 0 Å². The number of Topliss-reactive ketones (excluding diaryl/α,β-unsaturated/α-hetero) is 1. The van der Waals surface area contributed by atoms with Gasteiger partial charge in [0.2, 0.25) is 0 Å². The van der Waals surface area contributed by atoms with Gasteiger partial charge >= 0.3 is 0 Å². The van der Waals surface area contributed by atoms with Crippen molar-refractivity contribution in [3.05, 3.63) is 11.6 Å². The van der Waals surface area contributed by atoms with Crippen molar-refractivity contribution >= 4 is 17.6 Å². The maximum atomic E-state index is 11.6. The van der Waals surface area contributed by atoms with E-state index in [4.69, 9.17) is 0 Å². The summed E-state index contributed by atoms with van der Waals surface area (Å²) < 4.78 is 0. The maximum absolute atomic E-state index is 11.6. The first-order valence-electron chi connectivity index (χ1n) is 5.17. The molecule has 2 rings (SSSR count). The van der Waals surface area contributed by atoms with Crippen molar-refractivity contribution in [1.82, 2.24) is 4.90 Å². The highest BCUT2D eigenvalue weighted by atomic mass is 16.2. The largest absolute Gasteiger partial charge is 0.300 e. The molecule has 0 spiro atoms. The molecule has 4 heteroatoms. The van der Waals surface area contributed by atoms with Crippen molar-refractivity contribution in [2.45, 2.75) is 38.6 Å². The lowest BCUT2D eigenvalue weighted by atomic mass is 9.93. The summed E-state index contributed by atoms with van der Waals surface area (Å²) in [7, 11) is 0. The predicted molar refractivity (Wildman–Crippen MR) is 52.9 cm³/mol. The molecule has 15 heavy (non-hydrogen) atoms. The van der Waals surface area contributed by atoms with E-state index in [9.17, 15) is 14.4 Å². The van der Waals surface area contributed by atoms with E-state index in [1.54, 1.807) is 6.92 Å². The van der Waals surface area contributed by atoms with E-state index in [-0.39, 0.29) is 23.6 Å². The van der Waals surface area contributed by atoms with E-state index in [1.165, 1.54) is 11.0 Å². The summed E-state index contributed by atoms with van der Waals surface area (Å²) in [5.74, 6) is -0.189. The normalized spacial score (nSPS) is 23.7. The monoisotopic (exact) mass is 207 g/mol. The van der Waals surface area contributed by atoms with Crippen molar-refractivity contribution < 1.29 is 14.4 Å². The van der Waals surface area contributed by atoms with E-state index in [1.807, 2.05) is 0 Å². The summed E-state index contributed by atoms with van der Waals surface area (Å²) in [5, 5.41) is 0. The van der Waals surface area contributed by atoms with Crippen molar-refractivity contribution in [1.29, 1.82) is 0 Å². The third-order valence-electron chi connectivity index (χ3n) is 3.01. The Bertz CT molecular complexity index is 360. The number of rotatable bonds is 1. The Kier molecular flexibility index (Phi) is 2.42. The average molecular weight is 207 g/mol. The number of ketones is 1. The molecule has 1 aliphatic carbocycles. The van der Waals surface area contributed by atoms with E-state index < -0.39 is 0 Å². The Morgan fingerprint density at radius 2 is 1.80 bits per heavy atom. The molecule has 1 fully saturated rings. The molecule has 0 aromatic heterocycles. The van der Waals surface area contributed by atoms with Gasteiger partial charge in [-0.2, -0.15) is 0 Å². The van der Waals surface area contributed by atoms with E-state index >= 15 is 0 Å². The van der Waals surface area contributed by atoms with Crippen LogP contribution in [0, 0.1) is 0 Å². The van der Waals surface area contributed by atoms with Crippen LogP contribution >= 0.6 is 0 Å². The van der Waals surface area contributed by atoms with Crippen molar-refractivity contribution in [3.63, 3.8) is 0 Å². The highest BCUT2D eigenvalue weighted by Crippen LogP contribution is 2.25. The Labute approximate surface area is 87.9 Å². The number of amides is 2. The minimum atomic E-state index is -0.225. The second kappa shape index (κ2) is 3.61. The highest BCUT2D eigenvalue weighted by molar-refractivity contribution is 6.16. The van der Waals surface area contributed by atoms with Crippen LogP contribution in [0.15, 0.2) is 11.6 Å². The first kappa shape index (κ1) is 10.1. The van der Waals surface area contributed by atoms with E-state index in [0.29, 0.717) is 31.3 Å². The third kappa shape index (κ3) is 1.71. The standard InChI is InChI=1S/C11H13NO3/c1-7-6-10(14)12(11(7)15)8-2-4-9(13)5-3-8/h6,8H,2-5H2,1H3. The lowest BCUT2D eigenvalue weighted by Gasteiger charge is -2.29. The fourth-order valence-electron chi connectivity index (χ4n) is 2.14. The fraction of sp³-hybridized carbons (Fsp3) is 0.545. The predicted octanol–water partition coefficient (Wildman–Crippen LogP) is 0.813. The highest BCUT2D eigenvalue weighted by Gasteiger charge is 2.36. The van der Waals surface area contributed by atoms with Crippen LogP contribution < -0.4 is 0 Å². The van der Waals surface area contributed by atoms with Gasteiger partial charge in [-0.3, -0.25) is 19.3 Å². The lowest BCUT2D eigenvalue weighted by Crippen LogP contribution is -2.42. The van der Waals surface area contributed by atoms with Crippen molar-refractivity contribution in [3.8, 4) is 0 Å². The number of carbonyl (C=O) groups excluding carboxylic acids is 3. The summed E-state index contributed by atoms with van der Waals surface area (Å²) in [6.07, 6.45) is 3.59. The zero-order chi connectivity index (χ0) is 11.0. The molecule has 1 saturated carbocycles. The molecule has 0 saturated heterocycles. The topological polar surface area (TPSA) is 54.5 Å². The second-order valence-electron chi connectivity index (χ2n) is 4.11. The quantitative estimate of drug-likeness (QED) is 0.598. The maximum Gasteiger partial charge on any atom is 0.256 e. The molecule has 0 bridgehead atoms. The van der Waals surface area contributed by atoms with Gasteiger partial charge in [0.05, 0.1) is 0 Å². The van der Waals surface area contributed by atoms with Crippen LogP contribution in [0.5, 0.6) is 0 Å². The summed E-state index contributed by atoms with van der Waals surface area (Å²) in [6, 6.07) is -0.0728. The molecular weight excluding hydrogens is 194 g/mol. The Morgan fingerprint density at radius 3 is 2.27 bits per heavy atom. The molecule has 0 aromatic rings. The number of nitrogens with zero attached hydrogens (tertiary/aromatic N) is 1. The van der Waals surface area contributed by atoms with Crippen LogP contribution in [0.1, 0.15) is 32.6 Å². The van der Waals surface area contributed by atoms with E-state index in [2.05, 4.69) is 0 Å². The molecule has 2 aliphatic rings. The smallest absolute Gasteiger partial charge is 0.256 e. The summed E-state index contributed by atoms with van der Waals surface area (Å²) in [4.78, 5) is 35.5. The molecule has 2 amide bonds. The number of carbonyl (C=O) groups is 3. The zero-order valence-electron chi connectivity index (χ0n) is 8.66. The minimum Gasteiger partial charge on any atom is -0.300 e. The van der Waals surface area contributed by atoms with Gasteiger partial charge in [0.25, 0.3) is 11.8 Å². The van der Waals surface area contributed by atoms with Gasteiger partial charge in [0, 0.05) is 30.5 Å². The molecule has 1 aliphatic heterocycles. The lowest BCUT2D eigenvalue weighted by molar-refractivity contribution is -0.142. The Hall–Kier alpha value is -1.45. The molecular formula is C11H13NO3. The zero-order valence-corrected chi connectivity index (χ0v) is 8.66. The number of imide groups is 1. The second-order valence-corrected chi connectivity index (χ2v) is 4.11. The van der Waals surface area contributed by atoms with Crippen LogP contribution in [-0.2, 0) is 14.4 Å². The number of hydrogen-bond acceptors (Lipinski definition) is 3. The summed E-state index contributed by atoms with van der Waals surface area (Å²) >= 11 is 0. The van der Waals surface area contributed by atoms with Gasteiger partial charge in [-0.15, -0.1) is 0 Å². The molecule has 0 radical (unpaired) electrons. The van der Waals surface area contributed by atoms with Gasteiger partial charge in [0.1, 0.15) is 5.78 Å². The van der Waals surface area contributed by atoms with Crippen molar-refractivity contribution in [2.75, 3.05) is 0 Å². The van der Waals surface area contributed by atoms with Crippen LogP contribution in [0.4, 0.5) is 0 Å². The minimum absolute atomic E-state index is 0.0728. The number of hydrogen-bond donors (Lipinski definition) is 0. The molecule has 0 unspecified atom stereocenters. The van der Waals surface area contributed by atoms with Crippen LogP contribution in [0.3, 0.4) is 0 Å². The summed E-state index contributed by atoms with van der Waals surface area (Å²) in [6.45, 7) is 1.65. The van der Waals surface area contributed by atoms with Gasteiger partial charge in [-0.1, -0.05) is 0 Å². The Morgan fingerprint density at radius 1 is 1.20 bits per heavy atom. The first-order valence-corrected chi connectivity index (χ1v) is 5.17. The first-order chi connectivity index (χ1) is 7.09. The van der Waals surface area contributed by atoms with Crippen molar-refractivity contribution in [2.24, 2.45) is 0 Å². The van der Waals surface area contributed by atoms with Crippen LogP contribution in [0.2, 0.25) is 0 Å². The molecule has 1 heterocycles. The van der Waals surface area contributed by atoms with Crippen LogP contribution in [-0.4, -0.2) is 28.5 Å². The average Bonchev–Trinajstić information content (AvgIpc) is 2.44. The van der Waals surface area contributed by atoms with Gasteiger partial charge < -0.3 is 0 Å². The molecule has 4 nitrogen and oxygen atoms in total. The van der Waals surface area contributed by atoms with Gasteiger partial charge in [-0.05, 0) is 19.8 Å². The Balaban J connectivity index is 2.09. The molecule has 0 aromatic carbocycles. The van der Waals surface area contributed by atoms with Gasteiger partial charge in [0.15, 0.2) is 0 Å². The fourth-order valence-corrected chi connectivity index (χ4v) is 2.14. The molecule has 0 atom stereocenters. The van der Waals surface area contributed by atoms with Crippen LogP contribution in [0.25, 0.3) is 0 Å². The molecule has 80 valence electrons. The molecule has 0 N–H and O–H groups in total. The van der Waals surface area contributed by atoms with E-state index in [0.717, 1.165) is 0 Å².